The van der Waals surface area contributed by atoms with Gasteiger partial charge < -0.3 is 14.7 Å². The molecule has 1 aliphatic rings. The van der Waals surface area contributed by atoms with Crippen molar-refractivity contribution in [1.82, 2.24) is 24.4 Å². The third-order valence-electron chi connectivity index (χ3n) is 8.95. The van der Waals surface area contributed by atoms with Gasteiger partial charge in [0.1, 0.15) is 29.9 Å². The number of fused-ring (bicyclic) bond motifs is 2. The fraction of sp³-hybridized carbons (Fsp3) is 0.333. The lowest BCUT2D eigenvalue weighted by atomic mass is 10.00. The summed E-state index contributed by atoms with van der Waals surface area (Å²) < 4.78 is 35.0. The molecular weight excluding hydrogens is 700 g/mol. The zero-order chi connectivity index (χ0) is 36.4. The summed E-state index contributed by atoms with van der Waals surface area (Å²) in [7, 11) is 3.04. The van der Waals surface area contributed by atoms with Gasteiger partial charge in [0.25, 0.3) is 11.5 Å². The van der Waals surface area contributed by atoms with E-state index in [1.54, 1.807) is 54.7 Å². The number of carbonyl (C=O) groups is 1. The third kappa shape index (κ3) is 7.27. The van der Waals surface area contributed by atoms with E-state index in [4.69, 9.17) is 11.6 Å². The maximum Gasteiger partial charge on any atom is 0.338 e. The highest BCUT2D eigenvalue weighted by Crippen LogP contribution is 2.36. The van der Waals surface area contributed by atoms with Crippen molar-refractivity contribution < 1.29 is 23.4 Å². The Morgan fingerprint density at radius 3 is 2.71 bits per heavy atom. The van der Waals surface area contributed by atoms with Gasteiger partial charge in [-0.2, -0.15) is 5.26 Å². The van der Waals surface area contributed by atoms with Crippen LogP contribution in [-0.4, -0.2) is 87.9 Å². The fourth-order valence-corrected chi connectivity index (χ4v) is 7.65. The van der Waals surface area contributed by atoms with E-state index in [1.165, 1.54) is 29.2 Å². The van der Waals surface area contributed by atoms with Crippen LogP contribution in [0.2, 0.25) is 5.02 Å². The van der Waals surface area contributed by atoms with Gasteiger partial charge in [-0.25, -0.2) is 23.5 Å². The number of piperidine rings is 1. The number of alkyl halides is 2. The first-order chi connectivity index (χ1) is 24.4. The first-order valence-electron chi connectivity index (χ1n) is 15.9. The summed E-state index contributed by atoms with van der Waals surface area (Å²) in [6, 6.07) is 9.07. The quantitative estimate of drug-likeness (QED) is 0.184. The number of benzene rings is 1. The average molecular weight is 732 g/mol. The number of methoxy groups -OCH3 is 1. The molecular formula is C36H32ClF2N7O4S. The maximum atomic E-state index is 14.1. The molecule has 15 heteroatoms. The summed E-state index contributed by atoms with van der Waals surface area (Å²) in [5, 5.41) is 22.0. The Morgan fingerprint density at radius 2 is 2.00 bits per heavy atom. The fourth-order valence-electron chi connectivity index (χ4n) is 6.45. The molecule has 0 atom stereocenters. The highest BCUT2D eigenvalue weighted by molar-refractivity contribution is 7.18. The molecule has 0 unspecified atom stereocenters. The minimum Gasteiger partial charge on any atom is -0.478 e. The molecule has 0 amide bonds. The molecule has 1 aromatic carbocycles. The summed E-state index contributed by atoms with van der Waals surface area (Å²) in [6.45, 7) is 1.49. The third-order valence-corrected chi connectivity index (χ3v) is 10.2. The molecule has 0 bridgehead atoms. The number of nitrogens with zero attached hydrogens (tertiary/aromatic N) is 7. The molecule has 262 valence electrons. The summed E-state index contributed by atoms with van der Waals surface area (Å²) >= 11 is 7.64. The first kappa shape index (κ1) is 35.8. The van der Waals surface area contributed by atoms with Crippen LogP contribution in [0.1, 0.15) is 40.2 Å². The van der Waals surface area contributed by atoms with Crippen LogP contribution in [-0.2, 0) is 11.3 Å². The standard InChI is InChI=1S/C36H32ClF2N7O4S/c1-21-43-29-17-42-33(44(2)24-9-13-45(14-10-24)19-36(38,39)20-50-3)27(16-40)30(29)34(47)46(21)12-4-5-22-6-7-23(37)15-26(22)25-8-11-41-31-28(35(48)49)18-51-32(25)31/h6-8,11,15,17-18,24H,9-10,12-14,19-20H2,1-3H3,(H,48,49). The van der Waals surface area contributed by atoms with Crippen LogP contribution >= 0.6 is 22.9 Å². The van der Waals surface area contributed by atoms with Crippen LogP contribution in [0, 0.1) is 30.1 Å². The van der Waals surface area contributed by atoms with Crippen molar-refractivity contribution in [2.24, 2.45) is 0 Å². The van der Waals surface area contributed by atoms with E-state index in [1.807, 2.05) is 4.90 Å². The number of carboxylic acids is 1. The van der Waals surface area contributed by atoms with E-state index >= 15 is 0 Å². The Kier molecular flexibility index (Phi) is 10.3. The average Bonchev–Trinajstić information content (AvgIpc) is 3.54. The van der Waals surface area contributed by atoms with Gasteiger partial charge in [0.2, 0.25) is 0 Å². The highest BCUT2D eigenvalue weighted by Gasteiger charge is 2.34. The Labute approximate surface area is 300 Å². The Bertz CT molecular complexity index is 2320. The number of pyridine rings is 2. The largest absolute Gasteiger partial charge is 0.478 e. The van der Waals surface area contributed by atoms with E-state index in [2.05, 4.69) is 37.6 Å². The summed E-state index contributed by atoms with van der Waals surface area (Å²) in [5.41, 5.74) is 2.42. The number of rotatable bonds is 9. The van der Waals surface area contributed by atoms with Gasteiger partial charge in [-0.05, 0) is 44.0 Å². The van der Waals surface area contributed by atoms with Gasteiger partial charge in [0.15, 0.2) is 0 Å². The molecule has 4 aromatic heterocycles. The molecule has 1 aliphatic heterocycles. The van der Waals surface area contributed by atoms with Crippen molar-refractivity contribution in [3.63, 3.8) is 0 Å². The zero-order valence-corrected chi connectivity index (χ0v) is 29.5. The van der Waals surface area contributed by atoms with Crippen molar-refractivity contribution in [3.8, 4) is 29.0 Å². The number of hydrogen-bond acceptors (Lipinski definition) is 10. The molecule has 0 radical (unpaired) electrons. The smallest absolute Gasteiger partial charge is 0.338 e. The van der Waals surface area contributed by atoms with E-state index in [0.29, 0.717) is 63.9 Å². The van der Waals surface area contributed by atoms with Crippen molar-refractivity contribution in [3.05, 3.63) is 79.9 Å². The lowest BCUT2D eigenvalue weighted by Crippen LogP contribution is -2.48. The summed E-state index contributed by atoms with van der Waals surface area (Å²) in [6.07, 6.45) is 4.16. The van der Waals surface area contributed by atoms with Gasteiger partial charge in [0.05, 0.1) is 46.0 Å². The van der Waals surface area contributed by atoms with Crippen molar-refractivity contribution in [1.29, 1.82) is 5.26 Å². The monoisotopic (exact) mass is 731 g/mol. The van der Waals surface area contributed by atoms with Crippen molar-refractivity contribution >= 4 is 55.8 Å². The normalized spacial score (nSPS) is 14.0. The van der Waals surface area contributed by atoms with E-state index in [9.17, 15) is 28.7 Å². The Morgan fingerprint density at radius 1 is 1.24 bits per heavy atom. The lowest BCUT2D eigenvalue weighted by molar-refractivity contribution is -0.0867. The predicted octanol–water partition coefficient (Wildman–Crippen LogP) is 5.83. The molecule has 0 aliphatic carbocycles. The maximum absolute atomic E-state index is 14.1. The van der Waals surface area contributed by atoms with Gasteiger partial charge in [0, 0.05) is 66.6 Å². The van der Waals surface area contributed by atoms with Gasteiger partial charge in [-0.15, -0.1) is 11.3 Å². The molecule has 11 nitrogen and oxygen atoms in total. The van der Waals surface area contributed by atoms with Crippen molar-refractivity contribution in [2.75, 3.05) is 45.3 Å². The molecule has 1 fully saturated rings. The zero-order valence-electron chi connectivity index (χ0n) is 27.9. The van der Waals surface area contributed by atoms with E-state index in [-0.39, 0.29) is 34.6 Å². The number of likely N-dealkylation sites (tertiary alicyclic amines) is 1. The molecule has 51 heavy (non-hydrogen) atoms. The van der Waals surface area contributed by atoms with Crippen LogP contribution in [0.5, 0.6) is 0 Å². The number of aryl methyl sites for hydroxylation is 1. The lowest BCUT2D eigenvalue weighted by Gasteiger charge is -2.38. The van der Waals surface area contributed by atoms with Crippen LogP contribution in [0.3, 0.4) is 0 Å². The number of hydrogen-bond donors (Lipinski definition) is 1. The van der Waals surface area contributed by atoms with Crippen LogP contribution in [0.4, 0.5) is 14.6 Å². The molecule has 0 saturated carbocycles. The molecule has 1 N–H and O–H groups in total. The first-order valence-corrected chi connectivity index (χ1v) is 17.2. The Hall–Kier alpha value is -4.99. The number of ether oxygens (including phenoxy) is 1. The highest BCUT2D eigenvalue weighted by atomic mass is 35.5. The topological polar surface area (TPSA) is 137 Å². The predicted molar refractivity (Wildman–Crippen MR) is 192 cm³/mol. The second-order valence-corrected chi connectivity index (χ2v) is 13.6. The number of thiophene rings is 1. The molecule has 1 saturated heterocycles. The number of carboxylic acid groups (broad SMARTS) is 1. The second kappa shape index (κ2) is 14.7. The number of aromatic carboxylic acids is 1. The van der Waals surface area contributed by atoms with Crippen molar-refractivity contribution in [2.45, 2.75) is 38.3 Å². The SMILES string of the molecule is COCC(F)(F)CN1CCC(N(C)c2ncc3nc(C)n(CC#Cc4ccc(Cl)cc4-c4ccnc5c(C(=O)O)csc45)c(=O)c3c2C#N)CC1. The van der Waals surface area contributed by atoms with Crippen LogP contribution < -0.4 is 10.5 Å². The van der Waals surface area contributed by atoms with Gasteiger partial charge in [-0.3, -0.25) is 19.2 Å². The molecule has 0 spiro atoms. The van der Waals surface area contributed by atoms with Crippen LogP contribution in [0.15, 0.2) is 46.8 Å². The van der Waals surface area contributed by atoms with Crippen LogP contribution in [0.25, 0.3) is 32.2 Å². The van der Waals surface area contributed by atoms with Gasteiger partial charge >= 0.3 is 5.97 Å². The number of halogens is 3. The summed E-state index contributed by atoms with van der Waals surface area (Å²) in [5.74, 6) is 2.90. The number of anilines is 1. The molecule has 6 rings (SSSR count). The van der Waals surface area contributed by atoms with Gasteiger partial charge in [-0.1, -0.05) is 23.4 Å². The number of aromatic nitrogens is 4. The molecule has 5 aromatic rings. The summed E-state index contributed by atoms with van der Waals surface area (Å²) in [4.78, 5) is 42.6. The Balaban J connectivity index is 1.29. The van der Waals surface area contributed by atoms with E-state index in [0.717, 1.165) is 5.56 Å². The molecule has 5 heterocycles. The minimum atomic E-state index is -2.95. The van der Waals surface area contributed by atoms with E-state index < -0.39 is 30.6 Å². The second-order valence-electron chi connectivity index (χ2n) is 12.3. The minimum absolute atomic E-state index is 0.0336. The number of nitriles is 1.